The number of anilines is 1. The summed E-state index contributed by atoms with van der Waals surface area (Å²) in [4.78, 5) is 64.5. The molecule has 1 aliphatic carbocycles. The fraction of sp³-hybridized carbons (Fsp3) is 0.500. The van der Waals surface area contributed by atoms with Crippen molar-refractivity contribution < 1.29 is 23.9 Å². The monoisotopic (exact) mass is 511 g/mol. The molecule has 2 heterocycles. The quantitative estimate of drug-likeness (QED) is 0.451. The highest BCUT2D eigenvalue weighted by Gasteiger charge is 2.56. The maximum atomic E-state index is 13.2. The Balaban J connectivity index is 1.37. The van der Waals surface area contributed by atoms with Crippen molar-refractivity contribution in [3.63, 3.8) is 0 Å². The largest absolute Gasteiger partial charge is 0.454 e. The molecule has 0 radical (unpaired) electrons. The van der Waals surface area contributed by atoms with Crippen LogP contribution in [-0.4, -0.2) is 56.8 Å². The molecule has 2 fully saturated rings. The standard InChI is InChI=1S/C26H33N5O6/c1-16-11-25(3,4)15-26(12-16)23(35)30(24(36)28-26)13-20(33)37-14-19(32)27-21-17(2)29(5)31(22(21)34)18-9-7-6-8-10-18/h6-10,16H,11-15H2,1-5H3,(H,27,32)(H,28,36)/t16-,26-/m0/s1. The molecule has 0 bridgehead atoms. The zero-order chi connectivity index (χ0) is 27.1. The summed E-state index contributed by atoms with van der Waals surface area (Å²) in [6.45, 7) is 6.57. The zero-order valence-electron chi connectivity index (χ0n) is 21.8. The van der Waals surface area contributed by atoms with Crippen LogP contribution in [0.2, 0.25) is 0 Å². The van der Waals surface area contributed by atoms with Gasteiger partial charge in [-0.2, -0.15) is 0 Å². The third-order valence-corrected chi connectivity index (χ3v) is 7.09. The Bertz CT molecular complexity index is 1310. The Morgan fingerprint density at radius 3 is 2.46 bits per heavy atom. The minimum atomic E-state index is -1.03. The van der Waals surface area contributed by atoms with Gasteiger partial charge in [-0.3, -0.25) is 28.8 Å². The molecular weight excluding hydrogens is 478 g/mol. The molecule has 198 valence electrons. The second-order valence-electron chi connectivity index (χ2n) is 10.9. The van der Waals surface area contributed by atoms with Gasteiger partial charge in [-0.15, -0.1) is 0 Å². The van der Waals surface area contributed by atoms with Gasteiger partial charge < -0.3 is 15.4 Å². The minimum Gasteiger partial charge on any atom is -0.454 e. The van der Waals surface area contributed by atoms with Gasteiger partial charge in [0, 0.05) is 7.05 Å². The molecule has 4 amide bonds. The van der Waals surface area contributed by atoms with E-state index in [1.54, 1.807) is 42.9 Å². The Hall–Kier alpha value is -3.89. The van der Waals surface area contributed by atoms with Gasteiger partial charge in [0.2, 0.25) is 0 Å². The molecular formula is C26H33N5O6. The van der Waals surface area contributed by atoms with Crippen molar-refractivity contribution in [2.24, 2.45) is 18.4 Å². The van der Waals surface area contributed by atoms with Gasteiger partial charge in [0.1, 0.15) is 17.8 Å². The summed E-state index contributed by atoms with van der Waals surface area (Å²) in [5, 5.41) is 5.31. The van der Waals surface area contributed by atoms with Crippen LogP contribution in [0.15, 0.2) is 35.1 Å². The van der Waals surface area contributed by atoms with E-state index in [1.165, 1.54) is 4.68 Å². The topological polar surface area (TPSA) is 132 Å². The third kappa shape index (κ3) is 5.03. The normalized spacial score (nSPS) is 22.7. The molecule has 11 nitrogen and oxygen atoms in total. The summed E-state index contributed by atoms with van der Waals surface area (Å²) in [6, 6.07) is 8.32. The number of imide groups is 1. The highest BCUT2D eigenvalue weighted by molar-refractivity contribution is 6.09. The van der Waals surface area contributed by atoms with Crippen molar-refractivity contribution in [1.29, 1.82) is 0 Å². The Labute approximate surface area is 214 Å². The Morgan fingerprint density at radius 2 is 1.81 bits per heavy atom. The van der Waals surface area contributed by atoms with Crippen LogP contribution in [0, 0.1) is 18.3 Å². The van der Waals surface area contributed by atoms with E-state index in [-0.39, 0.29) is 17.0 Å². The lowest BCUT2D eigenvalue weighted by Gasteiger charge is -2.43. The molecule has 4 rings (SSSR count). The molecule has 2 aliphatic rings. The molecule has 2 N–H and O–H groups in total. The average Bonchev–Trinajstić information content (AvgIpc) is 3.15. The van der Waals surface area contributed by atoms with Crippen molar-refractivity contribution in [1.82, 2.24) is 19.6 Å². The van der Waals surface area contributed by atoms with Gasteiger partial charge >= 0.3 is 12.0 Å². The Morgan fingerprint density at radius 1 is 1.14 bits per heavy atom. The van der Waals surface area contributed by atoms with Crippen molar-refractivity contribution >= 4 is 29.5 Å². The molecule has 1 aliphatic heterocycles. The number of hydrogen-bond donors (Lipinski definition) is 2. The van der Waals surface area contributed by atoms with E-state index in [9.17, 15) is 24.0 Å². The predicted molar refractivity (Wildman–Crippen MR) is 135 cm³/mol. The first-order chi connectivity index (χ1) is 17.3. The third-order valence-electron chi connectivity index (χ3n) is 7.09. The number of esters is 1. The Kier molecular flexibility index (Phi) is 6.74. The summed E-state index contributed by atoms with van der Waals surface area (Å²) in [6.07, 6.45) is 1.93. The van der Waals surface area contributed by atoms with Crippen LogP contribution in [0.3, 0.4) is 0 Å². The smallest absolute Gasteiger partial charge is 0.326 e. The maximum Gasteiger partial charge on any atom is 0.326 e. The van der Waals surface area contributed by atoms with Crippen molar-refractivity contribution in [2.45, 2.75) is 52.5 Å². The van der Waals surface area contributed by atoms with Crippen LogP contribution in [0.5, 0.6) is 0 Å². The molecule has 37 heavy (non-hydrogen) atoms. The highest BCUT2D eigenvalue weighted by atomic mass is 16.5. The van der Waals surface area contributed by atoms with E-state index in [1.807, 2.05) is 13.0 Å². The van der Waals surface area contributed by atoms with E-state index >= 15 is 0 Å². The first kappa shape index (κ1) is 26.2. The molecule has 2 atom stereocenters. The second-order valence-corrected chi connectivity index (χ2v) is 10.9. The summed E-state index contributed by atoms with van der Waals surface area (Å²) in [7, 11) is 1.69. The van der Waals surface area contributed by atoms with Crippen LogP contribution in [-0.2, 0) is 26.2 Å². The highest BCUT2D eigenvalue weighted by Crippen LogP contribution is 2.46. The van der Waals surface area contributed by atoms with E-state index in [4.69, 9.17) is 4.74 Å². The van der Waals surface area contributed by atoms with E-state index in [0.717, 1.165) is 11.3 Å². The molecule has 1 saturated carbocycles. The van der Waals surface area contributed by atoms with Crippen LogP contribution in [0.4, 0.5) is 10.5 Å². The number of carbonyl (C=O) groups excluding carboxylic acids is 4. The average molecular weight is 512 g/mol. The van der Waals surface area contributed by atoms with Gasteiger partial charge in [-0.1, -0.05) is 39.0 Å². The lowest BCUT2D eigenvalue weighted by molar-refractivity contribution is -0.150. The molecule has 1 aromatic carbocycles. The number of benzene rings is 1. The van der Waals surface area contributed by atoms with Crippen molar-refractivity contribution in [3.8, 4) is 5.69 Å². The molecule has 2 aromatic rings. The van der Waals surface area contributed by atoms with Crippen LogP contribution >= 0.6 is 0 Å². The van der Waals surface area contributed by atoms with E-state index in [2.05, 4.69) is 24.5 Å². The van der Waals surface area contributed by atoms with Gasteiger partial charge in [-0.25, -0.2) is 9.48 Å². The SMILES string of the molecule is Cc1c(NC(=O)COC(=O)CN2C(=O)N[C@]3(C[C@@H](C)CC(C)(C)C3)C2=O)c(=O)n(-c2ccccc2)n1C. The number of nitrogens with one attached hydrogen (secondary N) is 2. The number of aromatic nitrogens is 2. The lowest BCUT2D eigenvalue weighted by atomic mass is 9.64. The van der Waals surface area contributed by atoms with Crippen LogP contribution in [0.25, 0.3) is 5.69 Å². The number of amides is 4. The lowest BCUT2D eigenvalue weighted by Crippen LogP contribution is -2.54. The second kappa shape index (κ2) is 9.53. The first-order valence-corrected chi connectivity index (χ1v) is 12.3. The van der Waals surface area contributed by atoms with Crippen LogP contribution < -0.4 is 16.2 Å². The maximum absolute atomic E-state index is 13.2. The molecule has 11 heteroatoms. The number of para-hydroxylation sites is 1. The van der Waals surface area contributed by atoms with Crippen molar-refractivity contribution in [3.05, 3.63) is 46.4 Å². The van der Waals surface area contributed by atoms with E-state index < -0.39 is 48.1 Å². The summed E-state index contributed by atoms with van der Waals surface area (Å²) >= 11 is 0. The van der Waals surface area contributed by atoms with Gasteiger partial charge in [0.15, 0.2) is 6.61 Å². The summed E-state index contributed by atoms with van der Waals surface area (Å²) in [5.41, 5.74) is -0.379. The number of hydrogen-bond acceptors (Lipinski definition) is 6. The molecule has 1 saturated heterocycles. The number of rotatable bonds is 6. The van der Waals surface area contributed by atoms with Gasteiger partial charge in [0.25, 0.3) is 17.4 Å². The number of nitrogens with zero attached hydrogens (tertiary/aromatic N) is 3. The molecule has 1 spiro atoms. The number of urea groups is 1. The zero-order valence-corrected chi connectivity index (χ0v) is 21.8. The molecule has 0 unspecified atom stereocenters. The summed E-state index contributed by atoms with van der Waals surface area (Å²) < 4.78 is 8.06. The van der Waals surface area contributed by atoms with Gasteiger partial charge in [0.05, 0.1) is 11.4 Å². The minimum absolute atomic E-state index is 0.0671. The fourth-order valence-corrected chi connectivity index (χ4v) is 5.86. The first-order valence-electron chi connectivity index (χ1n) is 12.3. The van der Waals surface area contributed by atoms with Crippen LogP contribution in [0.1, 0.15) is 45.7 Å². The predicted octanol–water partition coefficient (Wildman–Crippen LogP) is 2.10. The summed E-state index contributed by atoms with van der Waals surface area (Å²) in [5.74, 6) is -1.82. The fourth-order valence-electron chi connectivity index (χ4n) is 5.86. The van der Waals surface area contributed by atoms with Crippen molar-refractivity contribution in [2.75, 3.05) is 18.5 Å². The number of ether oxygens (including phenoxy) is 1. The van der Waals surface area contributed by atoms with E-state index in [0.29, 0.717) is 24.2 Å². The van der Waals surface area contributed by atoms with Gasteiger partial charge in [-0.05, 0) is 49.7 Å². The molecule has 1 aromatic heterocycles. The number of carbonyl (C=O) groups is 4.